The number of likely N-dealkylation sites (tertiary alicyclic amines) is 1. The molecular weight excluding hydrogens is 340 g/mol. The number of amides is 1. The minimum Gasteiger partial charge on any atom is -0.497 e. The maximum atomic E-state index is 12.5. The Balaban J connectivity index is 0.00000225. The Hall–Kier alpha value is -1.98. The van der Waals surface area contributed by atoms with E-state index in [4.69, 9.17) is 9.15 Å². The molecule has 0 saturated carbocycles. The number of benzene rings is 1. The second-order valence-electron chi connectivity index (χ2n) is 6.07. The molecular formula is C19H25ClN2O3. The van der Waals surface area contributed by atoms with E-state index in [0.29, 0.717) is 17.9 Å². The van der Waals surface area contributed by atoms with Gasteiger partial charge in [0.25, 0.3) is 5.91 Å². The zero-order chi connectivity index (χ0) is 16.8. The van der Waals surface area contributed by atoms with Crippen LogP contribution in [0.25, 0.3) is 0 Å². The van der Waals surface area contributed by atoms with Crippen LogP contribution in [-0.2, 0) is 0 Å². The zero-order valence-electron chi connectivity index (χ0n) is 14.4. The fourth-order valence-electron chi connectivity index (χ4n) is 3.18. The van der Waals surface area contributed by atoms with Gasteiger partial charge in [-0.2, -0.15) is 0 Å². The molecule has 2 heterocycles. The predicted octanol–water partition coefficient (Wildman–Crippen LogP) is 3.67. The van der Waals surface area contributed by atoms with Crippen molar-refractivity contribution >= 4 is 18.3 Å². The van der Waals surface area contributed by atoms with Crippen LogP contribution in [0.5, 0.6) is 5.75 Å². The third-order valence-electron chi connectivity index (χ3n) is 4.49. The number of carbonyl (C=O) groups excluding carboxylic acids is 1. The smallest absolute Gasteiger partial charge is 0.251 e. The minimum atomic E-state index is -0.0949. The fraction of sp³-hybridized carbons (Fsp3) is 0.421. The van der Waals surface area contributed by atoms with E-state index in [1.165, 1.54) is 19.3 Å². The van der Waals surface area contributed by atoms with Crippen molar-refractivity contribution in [3.05, 3.63) is 54.0 Å². The number of ether oxygens (including phenoxy) is 1. The molecule has 1 aliphatic rings. The van der Waals surface area contributed by atoms with Gasteiger partial charge in [0, 0.05) is 12.1 Å². The van der Waals surface area contributed by atoms with Crippen molar-refractivity contribution in [3.63, 3.8) is 0 Å². The second kappa shape index (κ2) is 9.49. The minimum absolute atomic E-state index is 0. The topological polar surface area (TPSA) is 54.7 Å². The average molecular weight is 365 g/mol. The summed E-state index contributed by atoms with van der Waals surface area (Å²) in [7, 11) is 1.60. The Morgan fingerprint density at radius 1 is 1.24 bits per heavy atom. The van der Waals surface area contributed by atoms with Crippen molar-refractivity contribution in [1.29, 1.82) is 0 Å². The highest BCUT2D eigenvalue weighted by Crippen LogP contribution is 2.24. The SMILES string of the molecule is COc1cccc(C(=O)NCC(c2ccco2)N2CCCCC2)c1.Cl. The number of nitrogens with zero attached hydrogens (tertiary/aromatic N) is 1. The van der Waals surface area contributed by atoms with Gasteiger partial charge in [0.1, 0.15) is 11.5 Å². The molecule has 25 heavy (non-hydrogen) atoms. The van der Waals surface area contributed by atoms with Crippen molar-refractivity contribution in [1.82, 2.24) is 10.2 Å². The third-order valence-corrected chi connectivity index (χ3v) is 4.49. The van der Waals surface area contributed by atoms with Gasteiger partial charge in [-0.1, -0.05) is 12.5 Å². The molecule has 1 N–H and O–H groups in total. The molecule has 1 fully saturated rings. The number of hydrogen-bond acceptors (Lipinski definition) is 4. The van der Waals surface area contributed by atoms with E-state index in [0.717, 1.165) is 18.8 Å². The van der Waals surface area contributed by atoms with Crippen LogP contribution in [-0.4, -0.2) is 37.6 Å². The van der Waals surface area contributed by atoms with Gasteiger partial charge in [0.05, 0.1) is 19.4 Å². The van der Waals surface area contributed by atoms with Crippen LogP contribution in [0.15, 0.2) is 47.1 Å². The Bertz CT molecular complexity index is 654. The highest BCUT2D eigenvalue weighted by molar-refractivity contribution is 5.94. The number of piperidine rings is 1. The summed E-state index contributed by atoms with van der Waals surface area (Å²) in [6.45, 7) is 2.62. The van der Waals surface area contributed by atoms with Crippen LogP contribution >= 0.6 is 12.4 Å². The number of carbonyl (C=O) groups is 1. The van der Waals surface area contributed by atoms with Crippen molar-refractivity contribution in [2.75, 3.05) is 26.7 Å². The second-order valence-corrected chi connectivity index (χ2v) is 6.07. The number of rotatable bonds is 6. The van der Waals surface area contributed by atoms with Crippen molar-refractivity contribution < 1.29 is 13.9 Å². The highest BCUT2D eigenvalue weighted by atomic mass is 35.5. The number of nitrogens with one attached hydrogen (secondary N) is 1. The Morgan fingerprint density at radius 3 is 2.72 bits per heavy atom. The molecule has 0 radical (unpaired) electrons. The summed E-state index contributed by atoms with van der Waals surface area (Å²) < 4.78 is 10.8. The van der Waals surface area contributed by atoms with Gasteiger partial charge >= 0.3 is 0 Å². The molecule has 1 aromatic heterocycles. The molecule has 1 atom stereocenters. The standard InChI is InChI=1S/C19H24N2O3.ClH/c1-23-16-8-5-7-15(13-16)19(22)20-14-17(18-9-6-12-24-18)21-10-3-2-4-11-21;/h5-9,12-13,17H,2-4,10-11,14H2,1H3,(H,20,22);1H. The van der Waals surface area contributed by atoms with Crippen LogP contribution in [0.1, 0.15) is 41.4 Å². The van der Waals surface area contributed by atoms with Gasteiger partial charge in [-0.25, -0.2) is 0 Å². The summed E-state index contributed by atoms with van der Waals surface area (Å²) in [5.41, 5.74) is 0.603. The van der Waals surface area contributed by atoms with Crippen molar-refractivity contribution in [3.8, 4) is 5.75 Å². The Labute approximate surface area is 154 Å². The van der Waals surface area contributed by atoms with E-state index in [9.17, 15) is 4.79 Å². The van der Waals surface area contributed by atoms with Gasteiger partial charge in [-0.3, -0.25) is 9.69 Å². The highest BCUT2D eigenvalue weighted by Gasteiger charge is 2.25. The van der Waals surface area contributed by atoms with Crippen LogP contribution in [0.2, 0.25) is 0 Å². The lowest BCUT2D eigenvalue weighted by Gasteiger charge is -2.33. The van der Waals surface area contributed by atoms with Crippen LogP contribution < -0.4 is 10.1 Å². The van der Waals surface area contributed by atoms with E-state index in [1.807, 2.05) is 24.3 Å². The average Bonchev–Trinajstić information content (AvgIpc) is 3.17. The zero-order valence-corrected chi connectivity index (χ0v) is 15.3. The first-order chi connectivity index (χ1) is 11.8. The lowest BCUT2D eigenvalue weighted by atomic mass is 10.1. The van der Waals surface area contributed by atoms with Gasteiger partial charge in [0.2, 0.25) is 0 Å². The lowest BCUT2D eigenvalue weighted by Crippen LogP contribution is -2.40. The summed E-state index contributed by atoms with van der Waals surface area (Å²) in [6.07, 6.45) is 5.36. The summed E-state index contributed by atoms with van der Waals surface area (Å²) in [5.74, 6) is 1.49. The number of halogens is 1. The monoisotopic (exact) mass is 364 g/mol. The molecule has 0 aliphatic carbocycles. The fourth-order valence-corrected chi connectivity index (χ4v) is 3.18. The molecule has 2 aromatic rings. The molecule has 1 aromatic carbocycles. The van der Waals surface area contributed by atoms with Crippen molar-refractivity contribution in [2.45, 2.75) is 25.3 Å². The van der Waals surface area contributed by atoms with Gasteiger partial charge in [-0.15, -0.1) is 12.4 Å². The van der Waals surface area contributed by atoms with E-state index < -0.39 is 0 Å². The number of methoxy groups -OCH3 is 1. The molecule has 1 amide bonds. The largest absolute Gasteiger partial charge is 0.497 e. The summed E-state index contributed by atoms with van der Waals surface area (Å²) >= 11 is 0. The van der Waals surface area contributed by atoms with Gasteiger partial charge in [-0.05, 0) is 56.3 Å². The first-order valence-corrected chi connectivity index (χ1v) is 8.47. The van der Waals surface area contributed by atoms with Crippen molar-refractivity contribution in [2.24, 2.45) is 0 Å². The third kappa shape index (κ3) is 5.00. The first-order valence-electron chi connectivity index (χ1n) is 8.47. The van der Waals surface area contributed by atoms with E-state index in [2.05, 4.69) is 10.2 Å². The maximum absolute atomic E-state index is 12.5. The molecule has 1 unspecified atom stereocenters. The lowest BCUT2D eigenvalue weighted by molar-refractivity contribution is 0.0914. The molecule has 1 aliphatic heterocycles. The molecule has 0 spiro atoms. The molecule has 3 rings (SSSR count). The van der Waals surface area contributed by atoms with E-state index in [-0.39, 0.29) is 24.4 Å². The number of hydrogen-bond donors (Lipinski definition) is 1. The van der Waals surface area contributed by atoms with E-state index >= 15 is 0 Å². The van der Waals surface area contributed by atoms with Crippen LogP contribution in [0, 0.1) is 0 Å². The Kier molecular flexibility index (Phi) is 7.34. The maximum Gasteiger partial charge on any atom is 0.251 e. The summed E-state index contributed by atoms with van der Waals surface area (Å²) in [4.78, 5) is 14.9. The van der Waals surface area contributed by atoms with Gasteiger partial charge in [0.15, 0.2) is 0 Å². The molecule has 1 saturated heterocycles. The van der Waals surface area contributed by atoms with E-state index in [1.54, 1.807) is 25.5 Å². The quantitative estimate of drug-likeness (QED) is 0.849. The van der Waals surface area contributed by atoms with Crippen LogP contribution in [0.3, 0.4) is 0 Å². The molecule has 5 nitrogen and oxygen atoms in total. The predicted molar refractivity (Wildman–Crippen MR) is 99.4 cm³/mol. The Morgan fingerprint density at radius 2 is 2.04 bits per heavy atom. The first kappa shape index (κ1) is 19.3. The molecule has 0 bridgehead atoms. The number of furan rings is 1. The molecule has 6 heteroatoms. The normalized spacial score (nSPS) is 15.9. The summed E-state index contributed by atoms with van der Waals surface area (Å²) in [5, 5.41) is 3.04. The van der Waals surface area contributed by atoms with Gasteiger partial charge < -0.3 is 14.5 Å². The summed E-state index contributed by atoms with van der Waals surface area (Å²) in [6, 6.07) is 11.2. The molecule has 136 valence electrons. The van der Waals surface area contributed by atoms with Crippen LogP contribution in [0.4, 0.5) is 0 Å².